The Morgan fingerprint density at radius 2 is 1.62 bits per heavy atom. The standard InChI is InChI=1S/C27H28ClFN2O3/c1-19(2)30-27(33)24(16-20-10-4-3-5-11-20)31(17-21-12-6-8-14-23(21)29)26(32)18-34-25-15-9-7-13-22(25)28/h3-15,19,24H,16-18H2,1-2H3,(H,30,33)/t24-/m1/s1. The molecule has 0 heterocycles. The molecule has 5 nitrogen and oxygen atoms in total. The summed E-state index contributed by atoms with van der Waals surface area (Å²) in [5.41, 5.74) is 1.19. The third-order valence-electron chi connectivity index (χ3n) is 5.19. The summed E-state index contributed by atoms with van der Waals surface area (Å²) in [6, 6.07) is 21.4. The SMILES string of the molecule is CC(C)NC(=O)[C@@H](Cc1ccccc1)N(Cc1ccccc1F)C(=O)COc1ccccc1Cl. The van der Waals surface area contributed by atoms with E-state index < -0.39 is 17.8 Å². The van der Waals surface area contributed by atoms with Gasteiger partial charge in [-0.2, -0.15) is 0 Å². The molecule has 178 valence electrons. The molecular formula is C27H28ClFN2O3. The van der Waals surface area contributed by atoms with Gasteiger partial charge in [-0.15, -0.1) is 0 Å². The van der Waals surface area contributed by atoms with Gasteiger partial charge in [0.1, 0.15) is 17.6 Å². The van der Waals surface area contributed by atoms with E-state index in [4.69, 9.17) is 16.3 Å². The summed E-state index contributed by atoms with van der Waals surface area (Å²) in [5, 5.41) is 3.26. The largest absolute Gasteiger partial charge is 0.482 e. The molecule has 0 radical (unpaired) electrons. The number of ether oxygens (including phenoxy) is 1. The van der Waals surface area contributed by atoms with Crippen LogP contribution in [0.2, 0.25) is 5.02 Å². The summed E-state index contributed by atoms with van der Waals surface area (Å²) >= 11 is 6.15. The molecule has 3 aromatic carbocycles. The quantitative estimate of drug-likeness (QED) is 0.441. The highest BCUT2D eigenvalue weighted by Crippen LogP contribution is 2.24. The van der Waals surface area contributed by atoms with Crippen LogP contribution in [0.4, 0.5) is 4.39 Å². The number of para-hydroxylation sites is 1. The second-order valence-electron chi connectivity index (χ2n) is 8.20. The first kappa shape index (κ1) is 25.2. The maximum Gasteiger partial charge on any atom is 0.261 e. The fraction of sp³-hybridized carbons (Fsp3) is 0.259. The molecule has 1 atom stereocenters. The molecule has 0 saturated heterocycles. The van der Waals surface area contributed by atoms with Crippen molar-refractivity contribution in [2.24, 2.45) is 0 Å². The van der Waals surface area contributed by atoms with Gasteiger partial charge in [-0.3, -0.25) is 9.59 Å². The second-order valence-corrected chi connectivity index (χ2v) is 8.61. The molecular weight excluding hydrogens is 455 g/mol. The highest BCUT2D eigenvalue weighted by molar-refractivity contribution is 6.32. The lowest BCUT2D eigenvalue weighted by atomic mass is 10.0. The van der Waals surface area contributed by atoms with E-state index in [2.05, 4.69) is 5.32 Å². The van der Waals surface area contributed by atoms with Crippen LogP contribution in [0.5, 0.6) is 5.75 Å². The molecule has 0 bridgehead atoms. The second kappa shape index (κ2) is 12.2. The van der Waals surface area contributed by atoms with Gasteiger partial charge in [-0.1, -0.05) is 72.3 Å². The zero-order valence-corrected chi connectivity index (χ0v) is 20.0. The number of carbonyl (C=O) groups is 2. The molecule has 1 N–H and O–H groups in total. The summed E-state index contributed by atoms with van der Waals surface area (Å²) in [5.74, 6) is -0.867. The number of nitrogens with zero attached hydrogens (tertiary/aromatic N) is 1. The summed E-state index contributed by atoms with van der Waals surface area (Å²) in [6.07, 6.45) is 0.270. The minimum absolute atomic E-state index is 0.0829. The number of nitrogens with one attached hydrogen (secondary N) is 1. The first-order valence-electron chi connectivity index (χ1n) is 11.1. The Morgan fingerprint density at radius 3 is 2.29 bits per heavy atom. The van der Waals surface area contributed by atoms with Gasteiger partial charge in [0.25, 0.3) is 5.91 Å². The highest BCUT2D eigenvalue weighted by Gasteiger charge is 2.31. The number of carbonyl (C=O) groups excluding carboxylic acids is 2. The molecule has 0 aliphatic carbocycles. The van der Waals surface area contributed by atoms with Crippen molar-refractivity contribution in [1.29, 1.82) is 0 Å². The highest BCUT2D eigenvalue weighted by atomic mass is 35.5. The van der Waals surface area contributed by atoms with Crippen LogP contribution in [0.25, 0.3) is 0 Å². The van der Waals surface area contributed by atoms with Crippen molar-refractivity contribution in [3.8, 4) is 5.75 Å². The van der Waals surface area contributed by atoms with Gasteiger partial charge in [0, 0.05) is 24.6 Å². The lowest BCUT2D eigenvalue weighted by Crippen LogP contribution is -2.53. The van der Waals surface area contributed by atoms with E-state index in [1.165, 1.54) is 11.0 Å². The van der Waals surface area contributed by atoms with Gasteiger partial charge < -0.3 is 15.0 Å². The smallest absolute Gasteiger partial charge is 0.261 e. The zero-order valence-electron chi connectivity index (χ0n) is 19.2. The van der Waals surface area contributed by atoms with Gasteiger partial charge >= 0.3 is 0 Å². The Bertz CT molecular complexity index is 1110. The minimum Gasteiger partial charge on any atom is -0.482 e. The van der Waals surface area contributed by atoms with E-state index in [9.17, 15) is 14.0 Å². The van der Waals surface area contributed by atoms with E-state index in [1.54, 1.807) is 42.5 Å². The Kier molecular flexibility index (Phi) is 9.05. The maximum absolute atomic E-state index is 14.5. The molecule has 0 saturated carbocycles. The van der Waals surface area contributed by atoms with Crippen LogP contribution in [0.15, 0.2) is 78.9 Å². The van der Waals surface area contributed by atoms with Gasteiger partial charge in [0.2, 0.25) is 5.91 Å². The monoisotopic (exact) mass is 482 g/mol. The van der Waals surface area contributed by atoms with Crippen molar-refractivity contribution in [2.45, 2.75) is 38.9 Å². The Balaban J connectivity index is 1.93. The first-order chi connectivity index (χ1) is 16.3. The van der Waals surface area contributed by atoms with Crippen molar-refractivity contribution in [1.82, 2.24) is 10.2 Å². The zero-order chi connectivity index (χ0) is 24.5. The van der Waals surface area contributed by atoms with Gasteiger partial charge in [0.15, 0.2) is 6.61 Å². The average molecular weight is 483 g/mol. The topological polar surface area (TPSA) is 58.6 Å². The average Bonchev–Trinajstić information content (AvgIpc) is 2.82. The number of benzene rings is 3. The van der Waals surface area contributed by atoms with Crippen LogP contribution in [-0.4, -0.2) is 35.4 Å². The summed E-state index contributed by atoms with van der Waals surface area (Å²) in [7, 11) is 0. The third kappa shape index (κ3) is 7.06. The van der Waals surface area contributed by atoms with Crippen molar-refractivity contribution < 1.29 is 18.7 Å². The summed E-state index contributed by atoms with van der Waals surface area (Å²) in [6.45, 7) is 3.26. The minimum atomic E-state index is -0.869. The lowest BCUT2D eigenvalue weighted by molar-refractivity contribution is -0.143. The van der Waals surface area contributed by atoms with Crippen LogP contribution in [0.3, 0.4) is 0 Å². The Labute approximate surface area is 204 Å². The van der Waals surface area contributed by atoms with Crippen LogP contribution < -0.4 is 10.1 Å². The van der Waals surface area contributed by atoms with Crippen molar-refractivity contribution in [3.05, 3.63) is 101 Å². The van der Waals surface area contributed by atoms with Crippen molar-refractivity contribution >= 4 is 23.4 Å². The van der Waals surface area contributed by atoms with E-state index >= 15 is 0 Å². The molecule has 3 aromatic rings. The maximum atomic E-state index is 14.5. The number of halogens is 2. The number of hydrogen-bond acceptors (Lipinski definition) is 3. The van der Waals surface area contributed by atoms with E-state index in [0.29, 0.717) is 16.3 Å². The third-order valence-corrected chi connectivity index (χ3v) is 5.50. The van der Waals surface area contributed by atoms with Crippen LogP contribution in [-0.2, 0) is 22.6 Å². The number of amides is 2. The van der Waals surface area contributed by atoms with Gasteiger partial charge in [-0.25, -0.2) is 4.39 Å². The number of hydrogen-bond donors (Lipinski definition) is 1. The molecule has 0 unspecified atom stereocenters. The molecule has 0 aliphatic heterocycles. The molecule has 0 spiro atoms. The predicted molar refractivity (Wildman–Crippen MR) is 131 cm³/mol. The molecule has 3 rings (SSSR count). The lowest BCUT2D eigenvalue weighted by Gasteiger charge is -2.32. The van der Waals surface area contributed by atoms with Gasteiger partial charge in [-0.05, 0) is 37.6 Å². The number of rotatable bonds is 10. The van der Waals surface area contributed by atoms with Crippen LogP contribution in [0, 0.1) is 5.82 Å². The van der Waals surface area contributed by atoms with Crippen LogP contribution in [0.1, 0.15) is 25.0 Å². The van der Waals surface area contributed by atoms with E-state index in [-0.39, 0.29) is 31.5 Å². The normalized spacial score (nSPS) is 11.7. The molecule has 0 aromatic heterocycles. The van der Waals surface area contributed by atoms with Crippen molar-refractivity contribution in [2.75, 3.05) is 6.61 Å². The van der Waals surface area contributed by atoms with Crippen LogP contribution >= 0.6 is 11.6 Å². The Hall–Kier alpha value is -3.38. The first-order valence-corrected chi connectivity index (χ1v) is 11.5. The summed E-state index contributed by atoms with van der Waals surface area (Å²) in [4.78, 5) is 28.0. The fourth-order valence-electron chi connectivity index (χ4n) is 3.53. The molecule has 7 heteroatoms. The molecule has 34 heavy (non-hydrogen) atoms. The van der Waals surface area contributed by atoms with E-state index in [1.807, 2.05) is 44.2 Å². The Morgan fingerprint density at radius 1 is 0.971 bits per heavy atom. The van der Waals surface area contributed by atoms with Crippen molar-refractivity contribution in [3.63, 3.8) is 0 Å². The molecule has 0 fully saturated rings. The van der Waals surface area contributed by atoms with Gasteiger partial charge in [0.05, 0.1) is 5.02 Å². The fourth-order valence-corrected chi connectivity index (χ4v) is 3.72. The predicted octanol–water partition coefficient (Wildman–Crippen LogP) is 5.02. The molecule has 2 amide bonds. The molecule has 0 aliphatic rings. The summed E-state index contributed by atoms with van der Waals surface area (Å²) < 4.78 is 20.2. The van der Waals surface area contributed by atoms with E-state index in [0.717, 1.165) is 5.56 Å².